The van der Waals surface area contributed by atoms with E-state index in [1.54, 1.807) is 31.3 Å². The zero-order chi connectivity index (χ0) is 24.9. The van der Waals surface area contributed by atoms with E-state index in [9.17, 15) is 14.4 Å². The molecule has 2 atom stereocenters. The Kier molecular flexibility index (Phi) is 7.19. The van der Waals surface area contributed by atoms with Gasteiger partial charge in [0.1, 0.15) is 24.2 Å². The molecule has 184 valence electrons. The van der Waals surface area contributed by atoms with Crippen molar-refractivity contribution in [3.8, 4) is 5.75 Å². The largest absolute Gasteiger partial charge is 0.489 e. The average Bonchev–Trinajstić information content (AvgIpc) is 3.26. The van der Waals surface area contributed by atoms with Gasteiger partial charge in [-0.25, -0.2) is 4.79 Å². The lowest BCUT2D eigenvalue weighted by Gasteiger charge is -2.20. The van der Waals surface area contributed by atoms with Crippen molar-refractivity contribution in [3.63, 3.8) is 0 Å². The molecule has 1 aromatic carbocycles. The summed E-state index contributed by atoms with van der Waals surface area (Å²) in [5.74, 6) is 0.610. The second kappa shape index (κ2) is 10.5. The molecule has 1 aromatic heterocycles. The van der Waals surface area contributed by atoms with Crippen LogP contribution in [0.25, 0.3) is 0 Å². The third-order valence-corrected chi connectivity index (χ3v) is 5.76. The first-order valence-electron chi connectivity index (χ1n) is 11.6. The van der Waals surface area contributed by atoms with Crippen molar-refractivity contribution in [3.05, 3.63) is 59.5 Å². The van der Waals surface area contributed by atoms with E-state index in [0.717, 1.165) is 12.0 Å². The molecule has 0 saturated heterocycles. The number of benzene rings is 1. The minimum absolute atomic E-state index is 0.0503. The van der Waals surface area contributed by atoms with E-state index in [4.69, 9.17) is 9.26 Å². The highest BCUT2D eigenvalue weighted by molar-refractivity contribution is 6.03. The molecule has 0 bridgehead atoms. The summed E-state index contributed by atoms with van der Waals surface area (Å²) in [6.45, 7) is 4.40. The van der Waals surface area contributed by atoms with Crippen molar-refractivity contribution in [2.45, 2.75) is 32.7 Å². The third kappa shape index (κ3) is 5.71. The molecular weight excluding hydrogens is 450 g/mol. The number of amides is 4. The number of ether oxygens (including phenoxy) is 1. The van der Waals surface area contributed by atoms with Gasteiger partial charge in [0, 0.05) is 31.8 Å². The predicted octanol–water partition coefficient (Wildman–Crippen LogP) is 3.03. The first-order chi connectivity index (χ1) is 16.8. The summed E-state index contributed by atoms with van der Waals surface area (Å²) < 4.78 is 11.1. The lowest BCUT2D eigenvalue weighted by Crippen LogP contribution is -2.49. The van der Waals surface area contributed by atoms with Crippen LogP contribution in [-0.4, -0.2) is 49.2 Å². The first kappa shape index (κ1) is 24.1. The lowest BCUT2D eigenvalue weighted by molar-refractivity contribution is -0.120. The van der Waals surface area contributed by atoms with Crippen LogP contribution in [0.4, 0.5) is 16.2 Å². The van der Waals surface area contributed by atoms with E-state index in [1.165, 1.54) is 4.90 Å². The fourth-order valence-electron chi connectivity index (χ4n) is 3.99. The van der Waals surface area contributed by atoms with Gasteiger partial charge in [-0.3, -0.25) is 9.59 Å². The maximum Gasteiger partial charge on any atom is 0.319 e. The summed E-state index contributed by atoms with van der Waals surface area (Å²) in [6, 6.07) is 5.31. The monoisotopic (exact) mass is 479 g/mol. The summed E-state index contributed by atoms with van der Waals surface area (Å²) in [5.41, 5.74) is 2.19. The normalized spacial score (nSPS) is 19.2. The van der Waals surface area contributed by atoms with Crippen LogP contribution in [-0.2, 0) is 11.2 Å². The van der Waals surface area contributed by atoms with Gasteiger partial charge < -0.3 is 30.1 Å². The second-order valence-electron chi connectivity index (χ2n) is 8.61. The fraction of sp³-hybridized carbons (Fsp3) is 0.360. The molecule has 1 unspecified atom stereocenters. The standard InChI is InChI=1S/C25H29N5O5/c1-4-26-25(33)27-17-8-9-22-21(12-17)30(3)24(32)20(14-34-22)28-23(31)19-13-18(35-29-19)11-16-7-5-6-15(2)10-16/h5,7-10,12-13,15,20H,4,6,11,14H2,1-3H3,(H,28,31)(H2,26,27,33)/t15?,20-/m0/s1. The summed E-state index contributed by atoms with van der Waals surface area (Å²) in [7, 11) is 1.59. The van der Waals surface area contributed by atoms with E-state index < -0.39 is 11.9 Å². The quantitative estimate of drug-likeness (QED) is 0.585. The summed E-state index contributed by atoms with van der Waals surface area (Å²) in [5, 5.41) is 11.9. The summed E-state index contributed by atoms with van der Waals surface area (Å²) in [4.78, 5) is 39.1. The number of rotatable bonds is 6. The van der Waals surface area contributed by atoms with Crippen LogP contribution in [0.2, 0.25) is 0 Å². The Labute approximate surface area is 203 Å². The molecule has 2 aliphatic rings. The van der Waals surface area contributed by atoms with Crippen LogP contribution < -0.4 is 25.6 Å². The van der Waals surface area contributed by atoms with Crippen LogP contribution >= 0.6 is 0 Å². The molecule has 10 nitrogen and oxygen atoms in total. The predicted molar refractivity (Wildman–Crippen MR) is 131 cm³/mol. The molecule has 1 aliphatic carbocycles. The topological polar surface area (TPSA) is 126 Å². The van der Waals surface area contributed by atoms with Gasteiger partial charge in [0.15, 0.2) is 5.69 Å². The molecule has 2 aromatic rings. The van der Waals surface area contributed by atoms with Crippen molar-refractivity contribution >= 4 is 29.2 Å². The Balaban J connectivity index is 1.41. The molecule has 35 heavy (non-hydrogen) atoms. The second-order valence-corrected chi connectivity index (χ2v) is 8.61. The number of anilines is 2. The number of carbonyl (C=O) groups is 3. The maximum atomic E-state index is 13.1. The van der Waals surface area contributed by atoms with E-state index in [2.05, 4.69) is 46.3 Å². The summed E-state index contributed by atoms with van der Waals surface area (Å²) >= 11 is 0. The molecule has 4 amide bonds. The molecule has 3 N–H and O–H groups in total. The first-order valence-corrected chi connectivity index (χ1v) is 11.6. The van der Waals surface area contributed by atoms with Gasteiger partial charge in [0.2, 0.25) is 0 Å². The Morgan fingerprint density at radius 1 is 1.26 bits per heavy atom. The molecule has 10 heteroatoms. The van der Waals surface area contributed by atoms with Gasteiger partial charge in [-0.15, -0.1) is 0 Å². The number of likely N-dealkylation sites (N-methyl/N-ethyl adjacent to an activating group) is 1. The molecule has 2 heterocycles. The highest BCUT2D eigenvalue weighted by Crippen LogP contribution is 2.33. The zero-order valence-corrected chi connectivity index (χ0v) is 20.0. The number of allylic oxidation sites excluding steroid dienone is 4. The van der Waals surface area contributed by atoms with E-state index in [0.29, 0.717) is 41.8 Å². The van der Waals surface area contributed by atoms with E-state index in [-0.39, 0.29) is 24.2 Å². The van der Waals surface area contributed by atoms with Crippen molar-refractivity contribution in [2.75, 3.05) is 30.4 Å². The smallest absolute Gasteiger partial charge is 0.319 e. The van der Waals surface area contributed by atoms with Gasteiger partial charge in [-0.2, -0.15) is 0 Å². The molecular formula is C25H29N5O5. The SMILES string of the molecule is CCNC(=O)Nc1ccc2c(c1)N(C)C(=O)[C@@H](NC(=O)c1cc(CC3=CC(C)CC=C3)on1)CO2. The number of aromatic nitrogens is 1. The van der Waals surface area contributed by atoms with Crippen LogP contribution in [0.3, 0.4) is 0 Å². The van der Waals surface area contributed by atoms with Crippen LogP contribution in [0, 0.1) is 5.92 Å². The Hall–Kier alpha value is -4.08. The van der Waals surface area contributed by atoms with Gasteiger partial charge in [0.05, 0.1) is 5.69 Å². The molecule has 0 saturated carbocycles. The highest BCUT2D eigenvalue weighted by Gasteiger charge is 2.31. The number of urea groups is 1. The van der Waals surface area contributed by atoms with Crippen molar-refractivity contribution < 1.29 is 23.6 Å². The molecule has 0 radical (unpaired) electrons. The number of hydrogen-bond donors (Lipinski definition) is 3. The van der Waals surface area contributed by atoms with Crippen LogP contribution in [0.15, 0.2) is 52.6 Å². The summed E-state index contributed by atoms with van der Waals surface area (Å²) in [6.07, 6.45) is 7.89. The zero-order valence-electron chi connectivity index (χ0n) is 20.0. The number of hydrogen-bond acceptors (Lipinski definition) is 6. The average molecular weight is 480 g/mol. The lowest BCUT2D eigenvalue weighted by atomic mass is 9.96. The molecule has 4 rings (SSSR count). The minimum atomic E-state index is -0.926. The number of carbonyl (C=O) groups excluding carboxylic acids is 3. The van der Waals surface area contributed by atoms with Crippen molar-refractivity contribution in [1.82, 2.24) is 15.8 Å². The van der Waals surface area contributed by atoms with Gasteiger partial charge in [-0.1, -0.05) is 30.3 Å². The van der Waals surface area contributed by atoms with Gasteiger partial charge in [-0.05, 0) is 43.0 Å². The molecule has 0 spiro atoms. The van der Waals surface area contributed by atoms with Crippen LogP contribution in [0.1, 0.15) is 36.5 Å². The minimum Gasteiger partial charge on any atom is -0.489 e. The van der Waals surface area contributed by atoms with Crippen molar-refractivity contribution in [1.29, 1.82) is 0 Å². The van der Waals surface area contributed by atoms with Gasteiger partial charge >= 0.3 is 6.03 Å². The van der Waals surface area contributed by atoms with E-state index >= 15 is 0 Å². The number of fused-ring (bicyclic) bond motifs is 1. The Bertz CT molecular complexity index is 1180. The third-order valence-electron chi connectivity index (χ3n) is 5.76. The molecule has 1 aliphatic heterocycles. The van der Waals surface area contributed by atoms with Gasteiger partial charge in [0.25, 0.3) is 11.8 Å². The van der Waals surface area contributed by atoms with E-state index in [1.807, 2.05) is 6.92 Å². The maximum absolute atomic E-state index is 13.1. The fourth-order valence-corrected chi connectivity index (χ4v) is 3.99. The number of nitrogens with one attached hydrogen (secondary N) is 3. The molecule has 0 fully saturated rings. The Morgan fingerprint density at radius 2 is 2.09 bits per heavy atom. The highest BCUT2D eigenvalue weighted by atomic mass is 16.5. The van der Waals surface area contributed by atoms with Crippen LogP contribution in [0.5, 0.6) is 5.75 Å². The van der Waals surface area contributed by atoms with Crippen molar-refractivity contribution in [2.24, 2.45) is 5.92 Å². The Morgan fingerprint density at radius 3 is 2.86 bits per heavy atom. The number of nitrogens with zero attached hydrogens (tertiary/aromatic N) is 2.